The van der Waals surface area contributed by atoms with Crippen LogP contribution in [0.5, 0.6) is 0 Å². The van der Waals surface area contributed by atoms with Crippen LogP contribution in [0.25, 0.3) is 0 Å². The van der Waals surface area contributed by atoms with Gasteiger partial charge in [-0.05, 0) is 78.9 Å². The minimum atomic E-state index is -0.0396. The number of methoxy groups -OCH3 is 1. The summed E-state index contributed by atoms with van der Waals surface area (Å²) in [6.45, 7) is 2.23. The van der Waals surface area contributed by atoms with Gasteiger partial charge in [-0.2, -0.15) is 0 Å². The quantitative estimate of drug-likeness (QED) is 0.502. The molecule has 2 fully saturated rings. The van der Waals surface area contributed by atoms with Crippen molar-refractivity contribution in [2.75, 3.05) is 14.2 Å². The van der Waals surface area contributed by atoms with Crippen LogP contribution >= 0.6 is 22.6 Å². The number of unbranched alkanes of at least 4 members (excludes halogenated alkanes) is 1. The highest BCUT2D eigenvalue weighted by atomic mass is 127. The van der Waals surface area contributed by atoms with Crippen molar-refractivity contribution < 1.29 is 9.53 Å². The van der Waals surface area contributed by atoms with Gasteiger partial charge in [-0.3, -0.25) is 9.69 Å². The Morgan fingerprint density at radius 2 is 2.17 bits per heavy atom. The van der Waals surface area contributed by atoms with Crippen molar-refractivity contribution in [2.45, 2.75) is 63.5 Å². The van der Waals surface area contributed by atoms with Crippen molar-refractivity contribution in [1.29, 1.82) is 0 Å². The van der Waals surface area contributed by atoms with E-state index in [1.807, 2.05) is 0 Å². The molecule has 2 bridgehead atoms. The molecule has 3 rings (SSSR count). The lowest BCUT2D eigenvalue weighted by Gasteiger charge is -2.41. The van der Waals surface area contributed by atoms with E-state index < -0.39 is 0 Å². The summed E-state index contributed by atoms with van der Waals surface area (Å²) in [6, 6.07) is 7.80. The van der Waals surface area contributed by atoms with Gasteiger partial charge in [0.2, 0.25) is 0 Å². The largest absolute Gasteiger partial charge is 0.469 e. The molecule has 2 aliphatic rings. The number of aryl methyl sites for hydroxylation is 1. The standard InChI is InChI=1S/C20H28INO2/c1-4-5-6-13-7-8-14(11-17(13)21)16-12-15-9-10-18(22(15)2)19(16)20(23)24-3/h7-8,11,15-16,18-19H,4-6,9-10,12H2,1-3H3/t15-,16+,18+,19-/m0/s1. The van der Waals surface area contributed by atoms with Gasteiger partial charge in [-0.25, -0.2) is 0 Å². The molecule has 132 valence electrons. The van der Waals surface area contributed by atoms with Crippen LogP contribution in [0.1, 0.15) is 56.1 Å². The maximum atomic E-state index is 12.5. The second kappa shape index (κ2) is 7.73. The van der Waals surface area contributed by atoms with Crippen LogP contribution in [0.15, 0.2) is 18.2 Å². The third-order valence-corrected chi connectivity index (χ3v) is 7.05. The SMILES string of the molecule is CCCCc1ccc([C@H]2C[C@@H]3CC[C@H]([C@H]2C(=O)OC)N3C)cc1I. The number of piperidine rings is 1. The molecule has 4 heteroatoms. The van der Waals surface area contributed by atoms with Crippen molar-refractivity contribution in [3.05, 3.63) is 32.9 Å². The lowest BCUT2D eigenvalue weighted by atomic mass is 9.76. The van der Waals surface area contributed by atoms with Crippen LogP contribution in [0.4, 0.5) is 0 Å². The fraction of sp³-hybridized carbons (Fsp3) is 0.650. The molecule has 1 aromatic carbocycles. The Balaban J connectivity index is 1.89. The molecule has 0 spiro atoms. The van der Waals surface area contributed by atoms with Crippen molar-refractivity contribution >= 4 is 28.6 Å². The molecule has 0 N–H and O–H groups in total. The predicted molar refractivity (Wildman–Crippen MR) is 105 cm³/mol. The molecule has 0 aliphatic carbocycles. The number of hydrogen-bond donors (Lipinski definition) is 0. The van der Waals surface area contributed by atoms with E-state index in [4.69, 9.17) is 4.74 Å². The zero-order valence-corrected chi connectivity index (χ0v) is 17.1. The molecule has 0 unspecified atom stereocenters. The molecule has 0 aromatic heterocycles. The van der Waals surface area contributed by atoms with Crippen LogP contribution < -0.4 is 0 Å². The Kier molecular flexibility index (Phi) is 5.85. The van der Waals surface area contributed by atoms with Crippen LogP contribution in [0.2, 0.25) is 0 Å². The Labute approximate surface area is 159 Å². The molecule has 1 aromatic rings. The summed E-state index contributed by atoms with van der Waals surface area (Å²) in [4.78, 5) is 14.9. The number of esters is 1. The highest BCUT2D eigenvalue weighted by Crippen LogP contribution is 2.46. The molecule has 2 saturated heterocycles. The Hall–Kier alpha value is -0.620. The monoisotopic (exact) mass is 441 g/mol. The number of hydrogen-bond acceptors (Lipinski definition) is 3. The van der Waals surface area contributed by atoms with Crippen LogP contribution in [-0.2, 0) is 16.0 Å². The number of ether oxygens (including phenoxy) is 1. The number of benzene rings is 1. The van der Waals surface area contributed by atoms with Gasteiger partial charge < -0.3 is 4.74 Å². The maximum absolute atomic E-state index is 12.5. The molecule has 4 atom stereocenters. The fourth-order valence-corrected chi connectivity index (χ4v) is 5.44. The second-order valence-corrected chi connectivity index (χ2v) is 8.47. The molecule has 2 heterocycles. The van der Waals surface area contributed by atoms with E-state index in [0.29, 0.717) is 18.0 Å². The smallest absolute Gasteiger partial charge is 0.310 e. The highest BCUT2D eigenvalue weighted by molar-refractivity contribution is 14.1. The zero-order chi connectivity index (χ0) is 17.3. The van der Waals surface area contributed by atoms with E-state index in [-0.39, 0.29) is 11.9 Å². The predicted octanol–water partition coefficient (Wildman–Crippen LogP) is 4.37. The number of rotatable bonds is 5. The van der Waals surface area contributed by atoms with Gasteiger partial charge >= 0.3 is 5.97 Å². The number of carbonyl (C=O) groups excluding carboxylic acids is 1. The van der Waals surface area contributed by atoms with Gasteiger partial charge in [0.25, 0.3) is 0 Å². The first-order chi connectivity index (χ1) is 11.6. The lowest BCUT2D eigenvalue weighted by molar-refractivity contribution is -0.150. The third-order valence-electron chi connectivity index (χ3n) is 6.05. The number of carbonyl (C=O) groups is 1. The lowest BCUT2D eigenvalue weighted by Crippen LogP contribution is -2.49. The average Bonchev–Trinajstić information content (AvgIpc) is 2.82. The topological polar surface area (TPSA) is 29.5 Å². The number of nitrogens with zero attached hydrogens (tertiary/aromatic N) is 1. The molecule has 0 radical (unpaired) electrons. The number of fused-ring (bicyclic) bond motifs is 2. The van der Waals surface area contributed by atoms with Gasteiger partial charge in [-0.1, -0.05) is 25.5 Å². The van der Waals surface area contributed by atoms with Crippen LogP contribution in [-0.4, -0.2) is 37.1 Å². The number of halogens is 1. The first kappa shape index (κ1) is 18.2. The average molecular weight is 441 g/mol. The second-order valence-electron chi connectivity index (χ2n) is 7.31. The summed E-state index contributed by atoms with van der Waals surface area (Å²) < 4.78 is 6.52. The Morgan fingerprint density at radius 3 is 2.83 bits per heavy atom. The first-order valence-electron chi connectivity index (χ1n) is 9.14. The van der Waals surface area contributed by atoms with Crippen LogP contribution in [0, 0.1) is 9.49 Å². The third kappa shape index (κ3) is 3.36. The summed E-state index contributed by atoms with van der Waals surface area (Å²) in [7, 11) is 3.70. The van der Waals surface area contributed by atoms with Gasteiger partial charge in [0, 0.05) is 21.6 Å². The van der Waals surface area contributed by atoms with E-state index in [0.717, 1.165) is 19.3 Å². The van der Waals surface area contributed by atoms with Gasteiger partial charge in [-0.15, -0.1) is 0 Å². The van der Waals surface area contributed by atoms with Gasteiger partial charge in [0.1, 0.15) is 0 Å². The highest BCUT2D eigenvalue weighted by Gasteiger charge is 2.49. The van der Waals surface area contributed by atoms with E-state index in [1.54, 1.807) is 0 Å². The van der Waals surface area contributed by atoms with Crippen molar-refractivity contribution in [1.82, 2.24) is 4.90 Å². The summed E-state index contributed by atoms with van der Waals surface area (Å²) in [6.07, 6.45) is 6.99. The zero-order valence-electron chi connectivity index (χ0n) is 14.9. The summed E-state index contributed by atoms with van der Waals surface area (Å²) >= 11 is 2.46. The van der Waals surface area contributed by atoms with Crippen molar-refractivity contribution in [3.8, 4) is 0 Å². The minimum Gasteiger partial charge on any atom is -0.469 e. The van der Waals surface area contributed by atoms with E-state index >= 15 is 0 Å². The van der Waals surface area contributed by atoms with E-state index in [2.05, 4.69) is 59.7 Å². The summed E-state index contributed by atoms with van der Waals surface area (Å²) in [5, 5.41) is 0. The van der Waals surface area contributed by atoms with E-state index in [9.17, 15) is 4.79 Å². The summed E-state index contributed by atoms with van der Waals surface area (Å²) in [5.41, 5.74) is 2.76. The molecule has 2 aliphatic heterocycles. The Morgan fingerprint density at radius 1 is 1.38 bits per heavy atom. The fourth-order valence-electron chi connectivity index (χ4n) is 4.63. The normalized spacial score (nSPS) is 29.7. The molecule has 0 amide bonds. The van der Waals surface area contributed by atoms with Crippen molar-refractivity contribution in [3.63, 3.8) is 0 Å². The van der Waals surface area contributed by atoms with Gasteiger partial charge in [0.05, 0.1) is 13.0 Å². The summed E-state index contributed by atoms with van der Waals surface area (Å²) in [5.74, 6) is 0.221. The molecule has 3 nitrogen and oxygen atoms in total. The molecular formula is C20H28INO2. The van der Waals surface area contributed by atoms with Crippen molar-refractivity contribution in [2.24, 2.45) is 5.92 Å². The molecule has 24 heavy (non-hydrogen) atoms. The van der Waals surface area contributed by atoms with E-state index in [1.165, 1.54) is 41.1 Å². The van der Waals surface area contributed by atoms with Crippen LogP contribution in [0.3, 0.4) is 0 Å². The molecule has 0 saturated carbocycles. The Bertz CT molecular complexity index is 603. The van der Waals surface area contributed by atoms with Gasteiger partial charge in [0.15, 0.2) is 0 Å². The minimum absolute atomic E-state index is 0.0314. The molecular weight excluding hydrogens is 413 g/mol. The first-order valence-corrected chi connectivity index (χ1v) is 10.2. The maximum Gasteiger partial charge on any atom is 0.310 e.